The van der Waals surface area contributed by atoms with Crippen LogP contribution in [0.5, 0.6) is 0 Å². The van der Waals surface area contributed by atoms with E-state index in [-0.39, 0.29) is 13.0 Å². The number of rotatable bonds is 0. The fourth-order valence-electron chi connectivity index (χ4n) is 0.993. The second-order valence-corrected chi connectivity index (χ2v) is 2.49. The first-order valence-electron chi connectivity index (χ1n) is 3.74. The summed E-state index contributed by atoms with van der Waals surface area (Å²) in [5.74, 6) is -2.45. The van der Waals surface area contributed by atoms with E-state index in [1.54, 1.807) is 0 Å². The maximum Gasteiger partial charge on any atom is 0.260 e. The van der Waals surface area contributed by atoms with Gasteiger partial charge in [0.05, 0.1) is 6.54 Å². The number of aliphatic hydroxyl groups is 1. The van der Waals surface area contributed by atoms with Crippen LogP contribution in [0.1, 0.15) is 19.3 Å². The summed E-state index contributed by atoms with van der Waals surface area (Å²) in [7, 11) is 1.00. The number of nitrogens with one attached hydrogen (secondary N) is 1. The first kappa shape index (κ1) is 10.8. The van der Waals surface area contributed by atoms with Gasteiger partial charge in [0.25, 0.3) is 5.92 Å². The van der Waals surface area contributed by atoms with Gasteiger partial charge >= 0.3 is 0 Å². The zero-order valence-electron chi connectivity index (χ0n) is 6.74. The number of halogens is 2. The summed E-state index contributed by atoms with van der Waals surface area (Å²) in [6.07, 6.45) is 1.59. The van der Waals surface area contributed by atoms with Gasteiger partial charge in [0.15, 0.2) is 0 Å². The van der Waals surface area contributed by atoms with Gasteiger partial charge in [-0.3, -0.25) is 0 Å². The minimum Gasteiger partial charge on any atom is -0.400 e. The topological polar surface area (TPSA) is 32.3 Å². The summed E-state index contributed by atoms with van der Waals surface area (Å²) in [5, 5.41) is 9.69. The molecule has 0 radical (unpaired) electrons. The molecule has 2 nitrogen and oxygen atoms in total. The summed E-state index contributed by atoms with van der Waals surface area (Å²) in [6, 6.07) is 0. The van der Waals surface area contributed by atoms with Crippen LogP contribution in [0, 0.1) is 0 Å². The Morgan fingerprint density at radius 1 is 1.27 bits per heavy atom. The molecule has 0 spiro atoms. The monoisotopic (exact) mass is 167 g/mol. The number of alkyl halides is 2. The van der Waals surface area contributed by atoms with E-state index < -0.39 is 5.92 Å². The Labute approximate surface area is 65.6 Å². The Bertz CT molecular complexity index is 88.4. The summed E-state index contributed by atoms with van der Waals surface area (Å²) >= 11 is 0. The second kappa shape index (κ2) is 5.43. The van der Waals surface area contributed by atoms with Gasteiger partial charge in [-0.05, 0) is 19.4 Å². The van der Waals surface area contributed by atoms with Gasteiger partial charge in [-0.25, -0.2) is 8.78 Å². The molecule has 2 N–H and O–H groups in total. The van der Waals surface area contributed by atoms with Crippen LogP contribution in [0.3, 0.4) is 0 Å². The molecule has 0 atom stereocenters. The normalized spacial score (nSPS) is 22.9. The van der Waals surface area contributed by atoms with Crippen molar-refractivity contribution < 1.29 is 13.9 Å². The molecule has 4 heteroatoms. The third-order valence-corrected chi connectivity index (χ3v) is 1.53. The van der Waals surface area contributed by atoms with Crippen molar-refractivity contribution in [2.75, 3.05) is 20.2 Å². The molecular weight excluding hydrogens is 152 g/mol. The summed E-state index contributed by atoms with van der Waals surface area (Å²) in [4.78, 5) is 0. The van der Waals surface area contributed by atoms with Crippen LogP contribution in [0.25, 0.3) is 0 Å². The molecule has 1 aliphatic heterocycles. The van der Waals surface area contributed by atoms with Crippen LogP contribution in [-0.2, 0) is 0 Å². The molecule has 0 saturated carbocycles. The van der Waals surface area contributed by atoms with E-state index >= 15 is 0 Å². The molecule has 1 rings (SSSR count). The van der Waals surface area contributed by atoms with Crippen LogP contribution in [-0.4, -0.2) is 31.2 Å². The molecule has 1 saturated heterocycles. The average molecular weight is 167 g/mol. The first-order valence-corrected chi connectivity index (χ1v) is 3.74. The van der Waals surface area contributed by atoms with Gasteiger partial charge < -0.3 is 10.4 Å². The Kier molecular flexibility index (Phi) is 5.32. The minimum absolute atomic E-state index is 0.0556. The summed E-state index contributed by atoms with van der Waals surface area (Å²) < 4.78 is 24.8. The fraction of sp³-hybridized carbons (Fsp3) is 1.00. The Morgan fingerprint density at radius 2 is 1.91 bits per heavy atom. The van der Waals surface area contributed by atoms with Crippen molar-refractivity contribution in [3.63, 3.8) is 0 Å². The van der Waals surface area contributed by atoms with Crippen LogP contribution in [0.2, 0.25) is 0 Å². The molecular formula is C7H15F2NO. The maximum absolute atomic E-state index is 12.4. The van der Waals surface area contributed by atoms with E-state index in [2.05, 4.69) is 5.32 Å². The van der Waals surface area contributed by atoms with E-state index in [9.17, 15) is 8.78 Å². The van der Waals surface area contributed by atoms with E-state index in [0.29, 0.717) is 6.42 Å². The molecule has 68 valence electrons. The maximum atomic E-state index is 12.4. The van der Waals surface area contributed by atoms with Crippen molar-refractivity contribution in [3.05, 3.63) is 0 Å². The third kappa shape index (κ3) is 5.09. The van der Waals surface area contributed by atoms with Gasteiger partial charge in [0, 0.05) is 13.5 Å². The van der Waals surface area contributed by atoms with E-state index in [1.165, 1.54) is 0 Å². The molecule has 0 aromatic heterocycles. The van der Waals surface area contributed by atoms with Crippen molar-refractivity contribution in [2.45, 2.75) is 25.2 Å². The first-order chi connectivity index (χ1) is 5.21. The van der Waals surface area contributed by atoms with Gasteiger partial charge in [-0.2, -0.15) is 0 Å². The second-order valence-electron chi connectivity index (χ2n) is 2.49. The number of hydrogen-bond donors (Lipinski definition) is 2. The Hall–Kier alpha value is -0.220. The molecule has 0 aliphatic carbocycles. The van der Waals surface area contributed by atoms with Crippen molar-refractivity contribution in [3.8, 4) is 0 Å². The largest absolute Gasteiger partial charge is 0.400 e. The van der Waals surface area contributed by atoms with Crippen LogP contribution < -0.4 is 5.32 Å². The van der Waals surface area contributed by atoms with Crippen molar-refractivity contribution >= 4 is 0 Å². The molecule has 0 amide bonds. The lowest BCUT2D eigenvalue weighted by molar-refractivity contribution is -0.00169. The van der Waals surface area contributed by atoms with Gasteiger partial charge in [-0.15, -0.1) is 0 Å². The zero-order valence-corrected chi connectivity index (χ0v) is 6.74. The molecule has 0 bridgehead atoms. The van der Waals surface area contributed by atoms with Crippen LogP contribution >= 0.6 is 0 Å². The molecule has 1 heterocycles. The molecule has 11 heavy (non-hydrogen) atoms. The van der Waals surface area contributed by atoms with Crippen molar-refractivity contribution in [1.29, 1.82) is 0 Å². The summed E-state index contributed by atoms with van der Waals surface area (Å²) in [6.45, 7) is 0.614. The predicted octanol–water partition coefficient (Wildman–Crippen LogP) is 1.00. The highest BCUT2D eigenvalue weighted by atomic mass is 19.3. The highest BCUT2D eigenvalue weighted by molar-refractivity contribution is 4.72. The van der Waals surface area contributed by atoms with Crippen molar-refractivity contribution in [1.82, 2.24) is 5.32 Å². The van der Waals surface area contributed by atoms with Crippen LogP contribution in [0.15, 0.2) is 0 Å². The zero-order chi connectivity index (χ0) is 8.74. The highest BCUT2D eigenvalue weighted by Crippen LogP contribution is 2.21. The molecule has 0 aromatic rings. The quantitative estimate of drug-likeness (QED) is 0.564. The number of aliphatic hydroxyl groups excluding tert-OH is 1. The van der Waals surface area contributed by atoms with E-state index in [4.69, 9.17) is 5.11 Å². The average Bonchev–Trinajstić information content (AvgIpc) is 2.17. The SMILES string of the molecule is CO.FC1(F)CCCCNC1. The highest BCUT2D eigenvalue weighted by Gasteiger charge is 2.28. The molecule has 0 aromatic carbocycles. The van der Waals surface area contributed by atoms with E-state index in [0.717, 1.165) is 20.1 Å². The van der Waals surface area contributed by atoms with Crippen molar-refractivity contribution in [2.24, 2.45) is 0 Å². The lowest BCUT2D eigenvalue weighted by Gasteiger charge is -2.11. The predicted molar refractivity (Wildman–Crippen MR) is 39.8 cm³/mol. The Balaban J connectivity index is 0.000000461. The lowest BCUT2D eigenvalue weighted by atomic mass is 10.2. The minimum atomic E-state index is -2.45. The summed E-state index contributed by atoms with van der Waals surface area (Å²) in [5.41, 5.74) is 0. The van der Waals surface area contributed by atoms with Gasteiger partial charge in [0.2, 0.25) is 0 Å². The Morgan fingerprint density at radius 3 is 2.55 bits per heavy atom. The smallest absolute Gasteiger partial charge is 0.260 e. The third-order valence-electron chi connectivity index (χ3n) is 1.53. The molecule has 0 unspecified atom stereocenters. The van der Waals surface area contributed by atoms with Crippen LogP contribution in [0.4, 0.5) is 8.78 Å². The molecule has 1 fully saturated rings. The van der Waals surface area contributed by atoms with Gasteiger partial charge in [-0.1, -0.05) is 0 Å². The number of hydrogen-bond acceptors (Lipinski definition) is 2. The fourth-order valence-corrected chi connectivity index (χ4v) is 0.993. The van der Waals surface area contributed by atoms with Gasteiger partial charge in [0.1, 0.15) is 0 Å². The molecule has 1 aliphatic rings. The standard InChI is InChI=1S/C6H11F2N.CH4O/c7-6(8)3-1-2-4-9-5-6;1-2/h9H,1-5H2;2H,1H3. The lowest BCUT2D eigenvalue weighted by Crippen LogP contribution is -2.30. The van der Waals surface area contributed by atoms with E-state index in [1.807, 2.05) is 0 Å².